The minimum Gasteiger partial charge on any atom is -0.344 e. The van der Waals surface area contributed by atoms with Gasteiger partial charge in [0.1, 0.15) is 11.2 Å². The molecule has 0 fully saturated rings. The third-order valence-corrected chi connectivity index (χ3v) is 5.81. The van der Waals surface area contributed by atoms with Gasteiger partial charge in [0.25, 0.3) is 0 Å². The minimum atomic E-state index is 0.799. The van der Waals surface area contributed by atoms with Crippen LogP contribution < -0.4 is 5.32 Å². The van der Waals surface area contributed by atoms with Crippen molar-refractivity contribution in [3.8, 4) is 22.4 Å². The van der Waals surface area contributed by atoms with Gasteiger partial charge in [-0.1, -0.05) is 0 Å². The van der Waals surface area contributed by atoms with Crippen molar-refractivity contribution >= 4 is 16.8 Å². The topological polar surface area (TPSA) is 70.9 Å². The molecule has 1 aliphatic rings. The van der Waals surface area contributed by atoms with Gasteiger partial charge >= 0.3 is 0 Å². The number of nitrogens with zero attached hydrogens (tertiary/aromatic N) is 4. The third-order valence-electron chi connectivity index (χ3n) is 5.81. The number of nitrogens with one attached hydrogen (secondary N) is 2. The van der Waals surface area contributed by atoms with Gasteiger partial charge in [0.2, 0.25) is 0 Å². The molecule has 5 heterocycles. The molecule has 0 unspecified atom stereocenters. The monoisotopic (exact) mass is 380 g/mol. The van der Waals surface area contributed by atoms with Crippen molar-refractivity contribution in [2.24, 2.45) is 0 Å². The highest BCUT2D eigenvalue weighted by molar-refractivity contribution is 5.91. The largest absolute Gasteiger partial charge is 0.344 e. The maximum atomic E-state index is 5.01. The number of aryl methyl sites for hydroxylation is 1. The Morgan fingerprint density at radius 3 is 3.03 bits per heavy atom. The first-order chi connectivity index (χ1) is 14.3. The molecule has 6 nitrogen and oxygen atoms in total. The lowest BCUT2D eigenvalue weighted by Crippen LogP contribution is -2.24. The van der Waals surface area contributed by atoms with E-state index in [9.17, 15) is 0 Å². The Bertz CT molecular complexity index is 1380. The Hall–Kier alpha value is -3.51. The van der Waals surface area contributed by atoms with Gasteiger partial charge in [0, 0.05) is 48.0 Å². The molecule has 0 aliphatic carbocycles. The van der Waals surface area contributed by atoms with E-state index in [1.54, 1.807) is 6.20 Å². The van der Waals surface area contributed by atoms with E-state index in [0.717, 1.165) is 58.7 Å². The summed E-state index contributed by atoms with van der Waals surface area (Å²) in [5, 5.41) is 3.46. The molecule has 0 saturated carbocycles. The Labute approximate surface area is 167 Å². The van der Waals surface area contributed by atoms with Crippen LogP contribution >= 0.6 is 0 Å². The molecule has 2 N–H and O–H groups in total. The number of aromatic amines is 1. The van der Waals surface area contributed by atoms with Crippen LogP contribution in [0.5, 0.6) is 0 Å². The average molecular weight is 380 g/mol. The van der Waals surface area contributed by atoms with Crippen LogP contribution in [0.15, 0.2) is 55.2 Å². The van der Waals surface area contributed by atoms with Crippen molar-refractivity contribution in [2.45, 2.75) is 19.9 Å². The molecule has 0 bridgehead atoms. The first-order valence-electron chi connectivity index (χ1n) is 9.87. The first-order valence-corrected chi connectivity index (χ1v) is 9.87. The van der Waals surface area contributed by atoms with Crippen LogP contribution in [-0.4, -0.2) is 30.9 Å². The SMILES string of the molecule is Cc1cc(-c2cnc3[nH]cc(-c4ccc5nccn5c4)c3n2)cc2c1CNCC2. The van der Waals surface area contributed by atoms with Crippen LogP contribution in [0.1, 0.15) is 16.7 Å². The van der Waals surface area contributed by atoms with Crippen LogP contribution in [0.2, 0.25) is 0 Å². The second-order valence-electron chi connectivity index (χ2n) is 7.62. The molecule has 6 heteroatoms. The zero-order valence-corrected chi connectivity index (χ0v) is 16.1. The van der Waals surface area contributed by atoms with Gasteiger partial charge in [-0.15, -0.1) is 0 Å². The van der Waals surface area contributed by atoms with E-state index >= 15 is 0 Å². The molecule has 0 saturated heterocycles. The lowest BCUT2D eigenvalue weighted by atomic mass is 9.93. The van der Waals surface area contributed by atoms with E-state index < -0.39 is 0 Å². The van der Waals surface area contributed by atoms with Gasteiger partial charge < -0.3 is 14.7 Å². The standard InChI is InChI=1S/C23H20N6/c1-14-8-17(9-15-4-5-24-10-18(14)15)20-12-27-23-22(28-20)19(11-26-23)16-2-3-21-25-6-7-29(21)13-16/h2-3,6-9,11-13,24H,4-5,10H2,1H3,(H,26,27). The Balaban J connectivity index is 1.49. The molecule has 1 aromatic carbocycles. The molecule has 0 atom stereocenters. The Morgan fingerprint density at radius 1 is 1.10 bits per heavy atom. The molecule has 0 amide bonds. The summed E-state index contributed by atoms with van der Waals surface area (Å²) in [5.41, 5.74) is 10.9. The summed E-state index contributed by atoms with van der Waals surface area (Å²) in [6.45, 7) is 4.16. The fourth-order valence-electron chi connectivity index (χ4n) is 4.28. The van der Waals surface area contributed by atoms with E-state index in [0.29, 0.717) is 0 Å². The first kappa shape index (κ1) is 16.4. The van der Waals surface area contributed by atoms with E-state index in [1.165, 1.54) is 16.7 Å². The molecular formula is C23H20N6. The predicted molar refractivity (Wildman–Crippen MR) is 114 cm³/mol. The average Bonchev–Trinajstić information content (AvgIpc) is 3.39. The fraction of sp³-hybridized carbons (Fsp3) is 0.174. The number of H-pyrrole nitrogens is 1. The van der Waals surface area contributed by atoms with Gasteiger partial charge in [-0.25, -0.2) is 15.0 Å². The number of imidazole rings is 1. The summed E-state index contributed by atoms with van der Waals surface area (Å²) in [7, 11) is 0. The zero-order chi connectivity index (χ0) is 19.4. The van der Waals surface area contributed by atoms with Crippen LogP contribution in [0, 0.1) is 6.92 Å². The summed E-state index contributed by atoms with van der Waals surface area (Å²) < 4.78 is 2.02. The highest BCUT2D eigenvalue weighted by atomic mass is 15.0. The number of hydrogen-bond donors (Lipinski definition) is 2. The number of rotatable bonds is 2. The summed E-state index contributed by atoms with van der Waals surface area (Å²) in [4.78, 5) is 17.2. The van der Waals surface area contributed by atoms with E-state index in [-0.39, 0.29) is 0 Å². The second-order valence-corrected chi connectivity index (χ2v) is 7.62. The summed E-state index contributed by atoms with van der Waals surface area (Å²) in [6.07, 6.45) is 10.7. The number of benzene rings is 1. The molecule has 0 spiro atoms. The number of pyridine rings is 1. The lowest BCUT2D eigenvalue weighted by molar-refractivity contribution is 0.641. The van der Waals surface area contributed by atoms with E-state index in [4.69, 9.17) is 4.98 Å². The van der Waals surface area contributed by atoms with E-state index in [1.807, 2.05) is 29.1 Å². The maximum absolute atomic E-state index is 5.01. The van der Waals surface area contributed by atoms with Gasteiger partial charge in [-0.05, 0) is 60.8 Å². The molecule has 5 aromatic rings. The lowest BCUT2D eigenvalue weighted by Gasteiger charge is -2.20. The number of aromatic nitrogens is 5. The van der Waals surface area contributed by atoms with Crippen molar-refractivity contribution in [1.82, 2.24) is 29.7 Å². The van der Waals surface area contributed by atoms with Crippen molar-refractivity contribution in [1.29, 1.82) is 0 Å². The highest BCUT2D eigenvalue weighted by Crippen LogP contribution is 2.30. The van der Waals surface area contributed by atoms with E-state index in [2.05, 4.69) is 51.6 Å². The summed E-state index contributed by atoms with van der Waals surface area (Å²) in [5.74, 6) is 0. The normalized spacial score (nSPS) is 13.8. The molecule has 142 valence electrons. The second kappa shape index (κ2) is 6.25. The third kappa shape index (κ3) is 2.64. The zero-order valence-electron chi connectivity index (χ0n) is 16.1. The van der Waals surface area contributed by atoms with Crippen LogP contribution in [0.25, 0.3) is 39.2 Å². The van der Waals surface area contributed by atoms with Gasteiger partial charge in [0.15, 0.2) is 5.65 Å². The molecule has 1 aliphatic heterocycles. The quantitative estimate of drug-likeness (QED) is 0.487. The molecule has 6 rings (SSSR count). The van der Waals surface area contributed by atoms with Crippen molar-refractivity contribution in [3.63, 3.8) is 0 Å². The summed E-state index contributed by atoms with van der Waals surface area (Å²) >= 11 is 0. The molecule has 4 aromatic heterocycles. The van der Waals surface area contributed by atoms with Crippen LogP contribution in [-0.2, 0) is 13.0 Å². The predicted octanol–water partition coefficient (Wildman–Crippen LogP) is 3.89. The Morgan fingerprint density at radius 2 is 2.07 bits per heavy atom. The van der Waals surface area contributed by atoms with Crippen LogP contribution in [0.3, 0.4) is 0 Å². The molecule has 29 heavy (non-hydrogen) atoms. The molecule has 0 radical (unpaired) electrons. The Kier molecular flexibility index (Phi) is 3.55. The van der Waals surface area contributed by atoms with Crippen molar-refractivity contribution in [3.05, 3.63) is 71.9 Å². The smallest absolute Gasteiger partial charge is 0.156 e. The van der Waals surface area contributed by atoms with Gasteiger partial charge in [0.05, 0.1) is 11.9 Å². The molecular weight excluding hydrogens is 360 g/mol. The highest BCUT2D eigenvalue weighted by Gasteiger charge is 2.15. The van der Waals surface area contributed by atoms with Crippen molar-refractivity contribution in [2.75, 3.05) is 6.54 Å². The summed E-state index contributed by atoms with van der Waals surface area (Å²) in [6, 6.07) is 8.61. The number of hydrogen-bond acceptors (Lipinski definition) is 4. The van der Waals surface area contributed by atoms with Gasteiger partial charge in [-0.3, -0.25) is 0 Å². The minimum absolute atomic E-state index is 0.799. The number of fused-ring (bicyclic) bond motifs is 3. The van der Waals surface area contributed by atoms with Crippen LogP contribution in [0.4, 0.5) is 0 Å². The van der Waals surface area contributed by atoms with Gasteiger partial charge in [-0.2, -0.15) is 0 Å². The van der Waals surface area contributed by atoms with Crippen molar-refractivity contribution < 1.29 is 0 Å². The maximum Gasteiger partial charge on any atom is 0.156 e. The fourth-order valence-corrected chi connectivity index (χ4v) is 4.28.